The molecular weight excluding hydrogens is 228 g/mol. The summed E-state index contributed by atoms with van der Waals surface area (Å²) in [6.45, 7) is 2.76. The minimum Gasteiger partial charge on any atom is -0.387 e. The van der Waals surface area contributed by atoms with Crippen LogP contribution >= 0.6 is 0 Å². The van der Waals surface area contributed by atoms with Crippen LogP contribution in [0.1, 0.15) is 12.5 Å². The lowest BCUT2D eigenvalue weighted by atomic mass is 10.1. The number of amides is 2. The Morgan fingerprint density at radius 2 is 2.06 bits per heavy atom. The molecule has 0 heterocycles. The molecule has 18 heavy (non-hydrogen) atoms. The summed E-state index contributed by atoms with van der Waals surface area (Å²) >= 11 is 0. The molecule has 0 aliphatic carbocycles. The number of nitrogens with two attached hydrogens (primary N) is 1. The zero-order valence-corrected chi connectivity index (χ0v) is 10.8. The van der Waals surface area contributed by atoms with Gasteiger partial charge in [-0.25, -0.2) is 4.79 Å². The van der Waals surface area contributed by atoms with Crippen LogP contribution < -0.4 is 11.1 Å². The third-order valence-electron chi connectivity index (χ3n) is 2.71. The zero-order chi connectivity index (χ0) is 13.5. The monoisotopic (exact) mass is 248 g/mol. The molecule has 0 aliphatic rings. The van der Waals surface area contributed by atoms with Crippen LogP contribution in [0.15, 0.2) is 30.3 Å². The molecule has 98 valence electrons. The predicted molar refractivity (Wildman–Crippen MR) is 72.4 cm³/mol. The number of nitrogens with zero attached hydrogens (tertiary/aromatic N) is 1. The Bertz CT molecular complexity index is 405. The van der Waals surface area contributed by atoms with Gasteiger partial charge in [0.1, 0.15) is 0 Å². The second-order valence-corrected chi connectivity index (χ2v) is 4.38. The molecule has 0 spiro atoms. The van der Waals surface area contributed by atoms with Crippen molar-refractivity contribution in [1.29, 1.82) is 5.41 Å². The van der Waals surface area contributed by atoms with Gasteiger partial charge in [0.25, 0.3) is 0 Å². The summed E-state index contributed by atoms with van der Waals surface area (Å²) in [6, 6.07) is 9.56. The van der Waals surface area contributed by atoms with Gasteiger partial charge in [-0.05, 0) is 5.56 Å². The van der Waals surface area contributed by atoms with Crippen molar-refractivity contribution in [3.63, 3.8) is 0 Å². The van der Waals surface area contributed by atoms with Gasteiger partial charge in [0, 0.05) is 26.1 Å². The summed E-state index contributed by atoms with van der Waals surface area (Å²) in [5, 5.41) is 10.1. The summed E-state index contributed by atoms with van der Waals surface area (Å²) in [4.78, 5) is 13.3. The maximum atomic E-state index is 11.8. The normalized spacial score (nSPS) is 11.7. The van der Waals surface area contributed by atoms with Gasteiger partial charge >= 0.3 is 6.03 Å². The molecule has 0 saturated heterocycles. The summed E-state index contributed by atoms with van der Waals surface area (Å²) in [6.07, 6.45) is 0. The first-order valence-corrected chi connectivity index (χ1v) is 5.87. The number of benzene rings is 1. The van der Waals surface area contributed by atoms with Gasteiger partial charge in [0.2, 0.25) is 0 Å². The van der Waals surface area contributed by atoms with E-state index in [0.717, 1.165) is 5.56 Å². The van der Waals surface area contributed by atoms with Crippen molar-refractivity contribution in [2.24, 2.45) is 11.7 Å². The summed E-state index contributed by atoms with van der Waals surface area (Å²) in [7, 11) is 1.69. The molecule has 1 unspecified atom stereocenters. The number of hydrogen-bond donors (Lipinski definition) is 3. The van der Waals surface area contributed by atoms with Crippen LogP contribution in [0, 0.1) is 11.3 Å². The molecule has 0 bridgehead atoms. The standard InChI is InChI=1S/C13H20N4O/c1-10(12(14)15)9-17(2)13(18)16-8-11-6-4-3-5-7-11/h3-7,10H,8-9H2,1-2H3,(H3,14,15)(H,16,18). The fourth-order valence-corrected chi connectivity index (χ4v) is 1.50. The second kappa shape index (κ2) is 6.64. The van der Waals surface area contributed by atoms with E-state index in [9.17, 15) is 4.79 Å². The Hall–Kier alpha value is -2.04. The maximum Gasteiger partial charge on any atom is 0.317 e. The maximum absolute atomic E-state index is 11.8. The zero-order valence-electron chi connectivity index (χ0n) is 10.8. The summed E-state index contributed by atoms with van der Waals surface area (Å²) in [5.74, 6) is -0.0322. The molecule has 1 aromatic carbocycles. The largest absolute Gasteiger partial charge is 0.387 e. The third kappa shape index (κ3) is 4.45. The van der Waals surface area contributed by atoms with Crippen molar-refractivity contribution in [1.82, 2.24) is 10.2 Å². The molecular formula is C13H20N4O. The average molecular weight is 248 g/mol. The van der Waals surface area contributed by atoms with Crippen LogP contribution in [0.25, 0.3) is 0 Å². The topological polar surface area (TPSA) is 82.2 Å². The Labute approximate surface area is 107 Å². The van der Waals surface area contributed by atoms with Crippen molar-refractivity contribution in [2.75, 3.05) is 13.6 Å². The first-order valence-electron chi connectivity index (χ1n) is 5.87. The molecule has 0 fully saturated rings. The summed E-state index contributed by atoms with van der Waals surface area (Å²) in [5.41, 5.74) is 6.43. The van der Waals surface area contributed by atoms with Crippen molar-refractivity contribution < 1.29 is 4.79 Å². The number of carbonyl (C=O) groups is 1. The Balaban J connectivity index is 2.39. The first kappa shape index (κ1) is 14.0. The van der Waals surface area contributed by atoms with Gasteiger partial charge in [-0.15, -0.1) is 0 Å². The van der Waals surface area contributed by atoms with E-state index < -0.39 is 0 Å². The highest BCUT2D eigenvalue weighted by Gasteiger charge is 2.13. The van der Waals surface area contributed by atoms with Crippen molar-refractivity contribution >= 4 is 11.9 Å². The number of carbonyl (C=O) groups excluding carboxylic acids is 1. The van der Waals surface area contributed by atoms with E-state index in [1.54, 1.807) is 7.05 Å². The molecule has 0 aromatic heterocycles. The third-order valence-corrected chi connectivity index (χ3v) is 2.71. The van der Waals surface area contributed by atoms with Crippen molar-refractivity contribution in [2.45, 2.75) is 13.5 Å². The highest BCUT2D eigenvalue weighted by Crippen LogP contribution is 2.00. The van der Waals surface area contributed by atoms with Crippen molar-refractivity contribution in [3.8, 4) is 0 Å². The SMILES string of the molecule is CC(CN(C)C(=O)NCc1ccccc1)C(=N)N. The minimum atomic E-state index is -0.160. The first-order chi connectivity index (χ1) is 8.50. The van der Waals surface area contributed by atoms with Crippen LogP contribution in [0.5, 0.6) is 0 Å². The van der Waals surface area contributed by atoms with Gasteiger partial charge in [-0.2, -0.15) is 0 Å². The summed E-state index contributed by atoms with van der Waals surface area (Å²) < 4.78 is 0. The van der Waals surface area contributed by atoms with E-state index in [1.807, 2.05) is 37.3 Å². The van der Waals surface area contributed by atoms with E-state index in [0.29, 0.717) is 13.1 Å². The van der Waals surface area contributed by atoms with E-state index in [1.165, 1.54) is 4.90 Å². The number of nitrogens with one attached hydrogen (secondary N) is 2. The second-order valence-electron chi connectivity index (χ2n) is 4.38. The van der Waals surface area contributed by atoms with Crippen LogP contribution in [0.4, 0.5) is 4.79 Å². The van der Waals surface area contributed by atoms with E-state index in [4.69, 9.17) is 11.1 Å². The Morgan fingerprint density at radius 1 is 1.44 bits per heavy atom. The van der Waals surface area contributed by atoms with Gasteiger partial charge in [-0.3, -0.25) is 5.41 Å². The van der Waals surface area contributed by atoms with Crippen LogP contribution in [0.3, 0.4) is 0 Å². The number of rotatable bonds is 5. The number of urea groups is 1. The van der Waals surface area contributed by atoms with Gasteiger partial charge < -0.3 is 16.0 Å². The number of hydrogen-bond acceptors (Lipinski definition) is 2. The lowest BCUT2D eigenvalue weighted by Gasteiger charge is -2.21. The average Bonchev–Trinajstić information content (AvgIpc) is 2.36. The van der Waals surface area contributed by atoms with Gasteiger partial charge in [0.05, 0.1) is 5.84 Å². The minimum absolute atomic E-state index is 0.0951. The molecule has 5 nitrogen and oxygen atoms in total. The quantitative estimate of drug-likeness (QED) is 0.543. The van der Waals surface area contributed by atoms with Gasteiger partial charge in [-0.1, -0.05) is 37.3 Å². The van der Waals surface area contributed by atoms with E-state index in [-0.39, 0.29) is 17.8 Å². The molecule has 0 radical (unpaired) electrons. The van der Waals surface area contributed by atoms with Crippen LogP contribution in [0.2, 0.25) is 0 Å². The lowest BCUT2D eigenvalue weighted by molar-refractivity contribution is 0.205. The molecule has 2 amide bonds. The Kier molecular flexibility index (Phi) is 5.17. The molecule has 1 atom stereocenters. The Morgan fingerprint density at radius 3 is 2.61 bits per heavy atom. The molecule has 0 aliphatic heterocycles. The predicted octanol–water partition coefficient (Wildman–Crippen LogP) is 1.40. The van der Waals surface area contributed by atoms with Crippen LogP contribution in [-0.4, -0.2) is 30.4 Å². The molecule has 4 N–H and O–H groups in total. The molecule has 0 saturated carbocycles. The molecule has 1 rings (SSSR count). The highest BCUT2D eigenvalue weighted by atomic mass is 16.2. The fourth-order valence-electron chi connectivity index (χ4n) is 1.50. The molecule has 5 heteroatoms. The van der Waals surface area contributed by atoms with E-state index >= 15 is 0 Å². The number of amidine groups is 1. The smallest absolute Gasteiger partial charge is 0.317 e. The van der Waals surface area contributed by atoms with Crippen molar-refractivity contribution in [3.05, 3.63) is 35.9 Å². The fraction of sp³-hybridized carbons (Fsp3) is 0.385. The van der Waals surface area contributed by atoms with Crippen LogP contribution in [-0.2, 0) is 6.54 Å². The van der Waals surface area contributed by atoms with E-state index in [2.05, 4.69) is 5.32 Å². The molecule has 1 aromatic rings. The lowest BCUT2D eigenvalue weighted by Crippen LogP contribution is -2.41. The highest BCUT2D eigenvalue weighted by molar-refractivity contribution is 5.80. The van der Waals surface area contributed by atoms with Gasteiger partial charge in [0.15, 0.2) is 0 Å².